The van der Waals surface area contributed by atoms with Gasteiger partial charge in [-0.25, -0.2) is 4.98 Å². The van der Waals surface area contributed by atoms with Crippen molar-refractivity contribution in [1.29, 1.82) is 0 Å². The van der Waals surface area contributed by atoms with E-state index in [0.29, 0.717) is 6.04 Å². The van der Waals surface area contributed by atoms with Gasteiger partial charge in [0, 0.05) is 52.3 Å². The second kappa shape index (κ2) is 7.05. The number of pyridine rings is 1. The topological polar surface area (TPSA) is 99.0 Å². The molecule has 2 saturated carbocycles. The number of hydrogen-bond acceptors (Lipinski definition) is 5. The summed E-state index contributed by atoms with van der Waals surface area (Å²) in [5.41, 5.74) is 5.70. The van der Waals surface area contributed by atoms with E-state index in [1.165, 1.54) is 30.4 Å². The Hall–Kier alpha value is -3.42. The van der Waals surface area contributed by atoms with Crippen LogP contribution in [0, 0.1) is 25.7 Å². The normalized spacial score (nSPS) is 16.3. The first-order chi connectivity index (χ1) is 15.5. The number of nitrogens with zero attached hydrogens (tertiary/aromatic N) is 5. The number of hydrogen-bond donors (Lipinski definition) is 1. The third-order valence-corrected chi connectivity index (χ3v) is 6.76. The molecule has 8 nitrogen and oxygen atoms in total. The molecule has 0 amide bonds. The Morgan fingerprint density at radius 2 is 1.91 bits per heavy atom. The predicted molar refractivity (Wildman–Crippen MR) is 118 cm³/mol. The highest BCUT2D eigenvalue weighted by Gasteiger charge is 2.43. The Kier molecular flexibility index (Phi) is 4.25. The zero-order valence-electron chi connectivity index (χ0n) is 18.2. The molecule has 164 valence electrons. The van der Waals surface area contributed by atoms with Crippen molar-refractivity contribution in [1.82, 2.24) is 24.5 Å². The molecule has 0 radical (unpaired) electrons. The molecule has 2 aliphatic rings. The Bertz CT molecular complexity index is 1310. The van der Waals surface area contributed by atoms with Crippen molar-refractivity contribution in [3.63, 3.8) is 0 Å². The number of aryl methyl sites for hydroxylation is 2. The van der Waals surface area contributed by atoms with Crippen molar-refractivity contribution in [3.05, 3.63) is 42.3 Å². The summed E-state index contributed by atoms with van der Waals surface area (Å²) in [6, 6.07) is 2.64. The fourth-order valence-electron chi connectivity index (χ4n) is 5.06. The quantitative estimate of drug-likeness (QED) is 0.458. The van der Waals surface area contributed by atoms with E-state index in [1.54, 1.807) is 12.4 Å². The SMILES string of the molecule is Cc1noc(C)c1-c1cnc2c(c1)c(-c1cnn(CC(=O)O)c1)cn2C(C1CC1)C1CC1. The first-order valence-electron chi connectivity index (χ1n) is 11.2. The molecule has 4 heterocycles. The van der Waals surface area contributed by atoms with Crippen LogP contribution < -0.4 is 0 Å². The molecule has 4 aromatic heterocycles. The molecule has 2 aliphatic carbocycles. The Labute approximate surface area is 184 Å². The molecule has 8 heteroatoms. The van der Waals surface area contributed by atoms with E-state index in [4.69, 9.17) is 14.6 Å². The van der Waals surface area contributed by atoms with Gasteiger partial charge in [0.25, 0.3) is 0 Å². The zero-order valence-corrected chi connectivity index (χ0v) is 18.2. The van der Waals surface area contributed by atoms with E-state index >= 15 is 0 Å². The Morgan fingerprint density at radius 3 is 2.53 bits per heavy atom. The third-order valence-electron chi connectivity index (χ3n) is 6.76. The summed E-state index contributed by atoms with van der Waals surface area (Å²) < 4.78 is 9.23. The predicted octanol–water partition coefficient (Wildman–Crippen LogP) is 4.62. The smallest absolute Gasteiger partial charge is 0.325 e. The number of fused-ring (bicyclic) bond motifs is 1. The fraction of sp³-hybridized carbons (Fsp3) is 0.417. The van der Waals surface area contributed by atoms with Crippen molar-refractivity contribution in [2.75, 3.05) is 0 Å². The minimum atomic E-state index is -0.910. The fourth-order valence-corrected chi connectivity index (χ4v) is 5.06. The average Bonchev–Trinajstić information content (AvgIpc) is 3.66. The highest BCUT2D eigenvalue weighted by molar-refractivity contribution is 5.96. The van der Waals surface area contributed by atoms with Crippen LogP contribution in [-0.4, -0.2) is 35.6 Å². The Balaban J connectivity index is 1.53. The van der Waals surface area contributed by atoms with E-state index in [0.717, 1.165) is 56.6 Å². The molecule has 0 spiro atoms. The maximum atomic E-state index is 11.1. The van der Waals surface area contributed by atoms with Gasteiger partial charge in [-0.05, 0) is 57.4 Å². The average molecular weight is 431 g/mol. The number of aromatic nitrogens is 5. The van der Waals surface area contributed by atoms with Gasteiger partial charge in [-0.3, -0.25) is 9.48 Å². The summed E-state index contributed by atoms with van der Waals surface area (Å²) in [5.74, 6) is 1.31. The lowest BCUT2D eigenvalue weighted by Gasteiger charge is -2.18. The monoisotopic (exact) mass is 431 g/mol. The highest BCUT2D eigenvalue weighted by atomic mass is 16.5. The van der Waals surface area contributed by atoms with Crippen molar-refractivity contribution in [2.45, 2.75) is 52.1 Å². The number of carboxylic acid groups (broad SMARTS) is 1. The van der Waals surface area contributed by atoms with Crippen LogP contribution in [0.3, 0.4) is 0 Å². The van der Waals surface area contributed by atoms with Crippen molar-refractivity contribution >= 4 is 17.0 Å². The first-order valence-corrected chi connectivity index (χ1v) is 11.2. The number of rotatable bonds is 7. The van der Waals surface area contributed by atoms with E-state index in [2.05, 4.69) is 27.1 Å². The van der Waals surface area contributed by atoms with Crippen LogP contribution in [-0.2, 0) is 11.3 Å². The molecule has 1 N–H and O–H groups in total. The molecule has 32 heavy (non-hydrogen) atoms. The number of carbonyl (C=O) groups is 1. The molecular formula is C24H25N5O3. The summed E-state index contributed by atoms with van der Waals surface area (Å²) in [5, 5.41) is 18.6. The van der Waals surface area contributed by atoms with E-state index in [-0.39, 0.29) is 6.54 Å². The summed E-state index contributed by atoms with van der Waals surface area (Å²) in [6.45, 7) is 3.69. The molecule has 0 aliphatic heterocycles. The van der Waals surface area contributed by atoms with Crippen LogP contribution in [0.4, 0.5) is 0 Å². The van der Waals surface area contributed by atoms with Gasteiger partial charge in [-0.1, -0.05) is 5.16 Å². The van der Waals surface area contributed by atoms with Gasteiger partial charge in [0.2, 0.25) is 0 Å². The van der Waals surface area contributed by atoms with Gasteiger partial charge >= 0.3 is 5.97 Å². The Morgan fingerprint density at radius 1 is 1.16 bits per heavy atom. The zero-order chi connectivity index (χ0) is 22.0. The number of carboxylic acids is 1. The van der Waals surface area contributed by atoms with Crippen LogP contribution in [0.15, 0.2) is 35.4 Å². The maximum absolute atomic E-state index is 11.1. The van der Waals surface area contributed by atoms with Crippen molar-refractivity contribution < 1.29 is 14.4 Å². The van der Waals surface area contributed by atoms with Gasteiger partial charge < -0.3 is 14.2 Å². The van der Waals surface area contributed by atoms with Gasteiger partial charge in [-0.2, -0.15) is 5.10 Å². The molecule has 0 aromatic carbocycles. The highest BCUT2D eigenvalue weighted by Crippen LogP contribution is 2.53. The first kappa shape index (κ1) is 19.3. The van der Waals surface area contributed by atoms with Crippen LogP contribution in [0.2, 0.25) is 0 Å². The number of aliphatic carboxylic acids is 1. The van der Waals surface area contributed by atoms with Gasteiger partial charge in [0.1, 0.15) is 18.0 Å². The minimum Gasteiger partial charge on any atom is -0.480 e. The van der Waals surface area contributed by atoms with Crippen LogP contribution in [0.5, 0.6) is 0 Å². The van der Waals surface area contributed by atoms with E-state index in [1.807, 2.05) is 20.0 Å². The summed E-state index contributed by atoms with van der Waals surface area (Å²) in [4.78, 5) is 16.1. The van der Waals surface area contributed by atoms with Gasteiger partial charge in [0.05, 0.1) is 11.9 Å². The lowest BCUT2D eigenvalue weighted by atomic mass is 10.0. The molecule has 0 bridgehead atoms. The van der Waals surface area contributed by atoms with Crippen molar-refractivity contribution in [3.8, 4) is 22.3 Å². The van der Waals surface area contributed by atoms with E-state index in [9.17, 15) is 4.79 Å². The molecular weight excluding hydrogens is 406 g/mol. The van der Waals surface area contributed by atoms with Gasteiger partial charge in [-0.15, -0.1) is 0 Å². The third kappa shape index (κ3) is 3.21. The van der Waals surface area contributed by atoms with Gasteiger partial charge in [0.15, 0.2) is 0 Å². The lowest BCUT2D eigenvalue weighted by Crippen LogP contribution is -2.12. The van der Waals surface area contributed by atoms with Crippen LogP contribution in [0.1, 0.15) is 43.2 Å². The molecule has 4 aromatic rings. The van der Waals surface area contributed by atoms with Crippen molar-refractivity contribution in [2.24, 2.45) is 11.8 Å². The minimum absolute atomic E-state index is 0.159. The molecule has 0 atom stereocenters. The van der Waals surface area contributed by atoms with E-state index < -0.39 is 5.97 Å². The summed E-state index contributed by atoms with van der Waals surface area (Å²) in [7, 11) is 0. The molecule has 2 fully saturated rings. The lowest BCUT2D eigenvalue weighted by molar-refractivity contribution is -0.137. The second-order valence-corrected chi connectivity index (χ2v) is 9.23. The van der Waals surface area contributed by atoms with Crippen LogP contribution in [0.25, 0.3) is 33.3 Å². The summed E-state index contributed by atoms with van der Waals surface area (Å²) in [6.07, 6.45) is 12.8. The molecule has 0 saturated heterocycles. The second-order valence-electron chi connectivity index (χ2n) is 9.23. The largest absolute Gasteiger partial charge is 0.480 e. The van der Waals surface area contributed by atoms with Crippen LogP contribution >= 0.6 is 0 Å². The summed E-state index contributed by atoms with van der Waals surface area (Å²) >= 11 is 0. The molecule has 6 rings (SSSR count). The molecule has 0 unspecified atom stereocenters. The standard InChI is InChI=1S/C24H25N5O3/c1-13-22(14(2)32-27-13)17-7-19-20(18-9-26-28(10-18)12-21(30)31)11-29(24(19)25-8-17)23(15-3-4-15)16-5-6-16/h7-11,15-16,23H,3-6,12H2,1-2H3,(H,30,31). The maximum Gasteiger partial charge on any atom is 0.325 e.